The molecule has 3 heterocycles. The van der Waals surface area contributed by atoms with Gasteiger partial charge in [-0.05, 0) is 19.4 Å². The van der Waals surface area contributed by atoms with E-state index >= 15 is 0 Å². The van der Waals surface area contributed by atoms with Crippen LogP contribution in [0.4, 0.5) is 0 Å². The quantitative estimate of drug-likeness (QED) is 0.871. The second-order valence-electron chi connectivity index (χ2n) is 6.69. The van der Waals surface area contributed by atoms with Gasteiger partial charge in [-0.25, -0.2) is 0 Å². The summed E-state index contributed by atoms with van der Waals surface area (Å²) in [5, 5.41) is 7.59. The highest BCUT2D eigenvalue weighted by Gasteiger charge is 2.39. The Balaban J connectivity index is 0.00000176. The van der Waals surface area contributed by atoms with Crippen LogP contribution in [0.1, 0.15) is 25.3 Å². The maximum atomic E-state index is 12.9. The summed E-state index contributed by atoms with van der Waals surface area (Å²) in [4.78, 5) is 14.8. The third-order valence-electron chi connectivity index (χ3n) is 4.42. The molecule has 0 spiro atoms. The average Bonchev–Trinajstić information content (AvgIpc) is 3.04. The van der Waals surface area contributed by atoms with Crippen molar-refractivity contribution in [2.45, 2.75) is 25.4 Å². The largest absolute Gasteiger partial charge is 0.372 e. The standard InChI is InChI=1S/C15H24N4O2.ClH/c1-15(2)10-19(4-5-21-15)14(20)13-8-16-7-12(13)11-6-17-18(3)9-11;/h6,9,12-13,16H,4-5,7-8,10H2,1-3H3;1H/t12-,13+;/m1./s1. The summed E-state index contributed by atoms with van der Waals surface area (Å²) in [6.45, 7) is 7.65. The van der Waals surface area contributed by atoms with Gasteiger partial charge in [0.25, 0.3) is 0 Å². The SMILES string of the molecule is Cl.Cn1cc([C@H]2CNC[C@@H]2C(=O)N2CCOC(C)(C)C2)cn1. The summed E-state index contributed by atoms with van der Waals surface area (Å²) >= 11 is 0. The van der Waals surface area contributed by atoms with E-state index in [4.69, 9.17) is 4.74 Å². The molecular weight excluding hydrogens is 304 g/mol. The molecule has 0 radical (unpaired) electrons. The van der Waals surface area contributed by atoms with Crippen LogP contribution in [0.25, 0.3) is 0 Å². The van der Waals surface area contributed by atoms with E-state index in [9.17, 15) is 4.79 Å². The molecular formula is C15H25ClN4O2. The fraction of sp³-hybridized carbons (Fsp3) is 0.733. The Kier molecular flexibility index (Phi) is 5.14. The summed E-state index contributed by atoms with van der Waals surface area (Å²) in [6, 6.07) is 0. The Labute approximate surface area is 137 Å². The highest BCUT2D eigenvalue weighted by atomic mass is 35.5. The fourth-order valence-corrected chi connectivity index (χ4v) is 3.36. The summed E-state index contributed by atoms with van der Waals surface area (Å²) in [5.41, 5.74) is 0.900. The number of nitrogens with one attached hydrogen (secondary N) is 1. The van der Waals surface area contributed by atoms with Crippen molar-refractivity contribution >= 4 is 18.3 Å². The number of carbonyl (C=O) groups excluding carboxylic acids is 1. The number of aromatic nitrogens is 2. The zero-order valence-corrected chi connectivity index (χ0v) is 14.2. The van der Waals surface area contributed by atoms with E-state index in [0.29, 0.717) is 19.7 Å². The van der Waals surface area contributed by atoms with E-state index in [1.165, 1.54) is 0 Å². The fourth-order valence-electron chi connectivity index (χ4n) is 3.36. The molecule has 7 heteroatoms. The van der Waals surface area contributed by atoms with Crippen molar-refractivity contribution in [1.29, 1.82) is 0 Å². The lowest BCUT2D eigenvalue weighted by Gasteiger charge is -2.39. The lowest BCUT2D eigenvalue weighted by atomic mass is 9.89. The Bertz CT molecular complexity index is 531. The van der Waals surface area contributed by atoms with Crippen molar-refractivity contribution in [3.63, 3.8) is 0 Å². The van der Waals surface area contributed by atoms with Crippen molar-refractivity contribution in [3.8, 4) is 0 Å². The molecule has 2 aliphatic rings. The van der Waals surface area contributed by atoms with Gasteiger partial charge in [0.15, 0.2) is 0 Å². The molecule has 0 saturated carbocycles. The first kappa shape index (κ1) is 17.2. The zero-order chi connectivity index (χ0) is 15.0. The number of aryl methyl sites for hydroxylation is 1. The minimum atomic E-state index is -0.246. The summed E-state index contributed by atoms with van der Waals surface area (Å²) in [5.74, 6) is 0.463. The van der Waals surface area contributed by atoms with Crippen LogP contribution in [0.3, 0.4) is 0 Å². The highest BCUT2D eigenvalue weighted by molar-refractivity contribution is 5.85. The van der Waals surface area contributed by atoms with Gasteiger partial charge in [0, 0.05) is 45.3 Å². The first-order valence-electron chi connectivity index (χ1n) is 7.58. The third kappa shape index (κ3) is 3.45. The van der Waals surface area contributed by atoms with E-state index in [0.717, 1.165) is 18.7 Å². The molecule has 0 bridgehead atoms. The molecule has 0 aliphatic carbocycles. The molecule has 1 N–H and O–H groups in total. The van der Waals surface area contributed by atoms with Crippen LogP contribution in [-0.4, -0.2) is 59.0 Å². The summed E-state index contributed by atoms with van der Waals surface area (Å²) in [7, 11) is 1.91. The molecule has 1 aromatic rings. The Hall–Kier alpha value is -1.11. The highest BCUT2D eigenvalue weighted by Crippen LogP contribution is 2.30. The van der Waals surface area contributed by atoms with Crippen molar-refractivity contribution in [2.24, 2.45) is 13.0 Å². The van der Waals surface area contributed by atoms with Gasteiger partial charge in [-0.15, -0.1) is 12.4 Å². The molecule has 0 aromatic carbocycles. The molecule has 124 valence electrons. The molecule has 22 heavy (non-hydrogen) atoms. The third-order valence-corrected chi connectivity index (χ3v) is 4.42. The van der Waals surface area contributed by atoms with Crippen LogP contribution in [-0.2, 0) is 16.6 Å². The number of hydrogen-bond acceptors (Lipinski definition) is 4. The van der Waals surface area contributed by atoms with Crippen LogP contribution in [0, 0.1) is 5.92 Å². The van der Waals surface area contributed by atoms with Crippen molar-refractivity contribution in [2.75, 3.05) is 32.8 Å². The van der Waals surface area contributed by atoms with Gasteiger partial charge in [0.2, 0.25) is 5.91 Å². The lowest BCUT2D eigenvalue weighted by Crippen LogP contribution is -2.52. The summed E-state index contributed by atoms with van der Waals surface area (Å²) < 4.78 is 7.50. The van der Waals surface area contributed by atoms with Gasteiger partial charge < -0.3 is 15.0 Å². The van der Waals surface area contributed by atoms with Gasteiger partial charge in [0.05, 0.1) is 24.3 Å². The molecule has 1 amide bonds. The van der Waals surface area contributed by atoms with Gasteiger partial charge in [-0.3, -0.25) is 9.48 Å². The number of ether oxygens (including phenoxy) is 1. The second kappa shape index (κ2) is 6.56. The second-order valence-corrected chi connectivity index (χ2v) is 6.69. The smallest absolute Gasteiger partial charge is 0.227 e. The molecule has 6 nitrogen and oxygen atoms in total. The van der Waals surface area contributed by atoms with E-state index in [-0.39, 0.29) is 35.8 Å². The number of nitrogens with zero attached hydrogens (tertiary/aromatic N) is 3. The van der Waals surface area contributed by atoms with Crippen LogP contribution >= 0.6 is 12.4 Å². The molecule has 2 fully saturated rings. The van der Waals surface area contributed by atoms with Gasteiger partial charge in [-0.1, -0.05) is 0 Å². The number of carbonyl (C=O) groups is 1. The Morgan fingerprint density at radius 1 is 1.45 bits per heavy atom. The molecule has 3 rings (SSSR count). The molecule has 0 unspecified atom stereocenters. The van der Waals surface area contributed by atoms with Crippen molar-refractivity contribution in [3.05, 3.63) is 18.0 Å². The van der Waals surface area contributed by atoms with Crippen LogP contribution < -0.4 is 5.32 Å². The van der Waals surface area contributed by atoms with Gasteiger partial charge in [-0.2, -0.15) is 5.10 Å². The number of hydrogen-bond donors (Lipinski definition) is 1. The first-order chi connectivity index (χ1) is 9.96. The van der Waals surface area contributed by atoms with Crippen molar-refractivity contribution in [1.82, 2.24) is 20.0 Å². The minimum absolute atomic E-state index is 0. The molecule has 2 aliphatic heterocycles. The predicted octanol–water partition coefficient (Wildman–Crippen LogP) is 0.782. The molecule has 1 aromatic heterocycles. The number of halogens is 1. The van der Waals surface area contributed by atoms with Crippen molar-refractivity contribution < 1.29 is 9.53 Å². The van der Waals surface area contributed by atoms with Crippen LogP contribution in [0.5, 0.6) is 0 Å². The van der Waals surface area contributed by atoms with E-state index in [2.05, 4.69) is 10.4 Å². The zero-order valence-electron chi connectivity index (χ0n) is 13.4. The first-order valence-corrected chi connectivity index (χ1v) is 7.58. The Morgan fingerprint density at radius 2 is 2.23 bits per heavy atom. The van der Waals surface area contributed by atoms with Crippen LogP contribution in [0.15, 0.2) is 12.4 Å². The van der Waals surface area contributed by atoms with Gasteiger partial charge >= 0.3 is 0 Å². The normalized spacial score (nSPS) is 27.5. The number of amides is 1. The average molecular weight is 329 g/mol. The summed E-state index contributed by atoms with van der Waals surface area (Å²) in [6.07, 6.45) is 3.89. The van der Waals surface area contributed by atoms with E-state index in [1.807, 2.05) is 38.2 Å². The maximum absolute atomic E-state index is 12.9. The topological polar surface area (TPSA) is 59.4 Å². The van der Waals surface area contributed by atoms with Crippen LogP contribution in [0.2, 0.25) is 0 Å². The monoisotopic (exact) mass is 328 g/mol. The van der Waals surface area contributed by atoms with Gasteiger partial charge in [0.1, 0.15) is 0 Å². The predicted molar refractivity (Wildman–Crippen MR) is 86.2 cm³/mol. The Morgan fingerprint density at radius 3 is 2.86 bits per heavy atom. The number of rotatable bonds is 2. The lowest BCUT2D eigenvalue weighted by molar-refractivity contribution is -0.149. The molecule has 2 saturated heterocycles. The van der Waals surface area contributed by atoms with E-state index in [1.54, 1.807) is 4.68 Å². The minimum Gasteiger partial charge on any atom is -0.372 e. The molecule has 2 atom stereocenters. The number of morpholine rings is 1. The maximum Gasteiger partial charge on any atom is 0.227 e. The van der Waals surface area contributed by atoms with E-state index < -0.39 is 0 Å².